The fraction of sp³-hybridized carbons (Fsp3) is 0.524. The summed E-state index contributed by atoms with van der Waals surface area (Å²) in [6.45, 7) is 4.31. The molecule has 6 nitrogen and oxygen atoms in total. The van der Waals surface area contributed by atoms with E-state index in [9.17, 15) is 0 Å². The summed E-state index contributed by atoms with van der Waals surface area (Å²) < 4.78 is 7.63. The summed E-state index contributed by atoms with van der Waals surface area (Å²) in [6.07, 6.45) is 7.43. The van der Waals surface area contributed by atoms with E-state index < -0.39 is 0 Å². The van der Waals surface area contributed by atoms with Crippen LogP contribution in [0.3, 0.4) is 0 Å². The number of aromatic nitrogens is 2. The molecule has 1 aromatic heterocycles. The minimum Gasteiger partial charge on any atom is -0.381 e. The van der Waals surface area contributed by atoms with Crippen molar-refractivity contribution in [3.05, 3.63) is 54.1 Å². The minimum atomic E-state index is 0.661. The maximum atomic E-state index is 5.45. The second-order valence-electron chi connectivity index (χ2n) is 7.12. The Labute approximate surface area is 162 Å². The van der Waals surface area contributed by atoms with Gasteiger partial charge in [-0.2, -0.15) is 0 Å². The minimum absolute atomic E-state index is 0.661. The van der Waals surface area contributed by atoms with Gasteiger partial charge in [0, 0.05) is 52.8 Å². The van der Waals surface area contributed by atoms with Crippen molar-refractivity contribution in [2.24, 2.45) is 10.9 Å². The molecule has 1 saturated heterocycles. The van der Waals surface area contributed by atoms with E-state index >= 15 is 0 Å². The standard InChI is InChI=1S/C21H31N5O/c1-22-21(25(2)12-8-18-9-14-27-15-10-18)24-16-20-23-11-13-26(20)17-19-6-4-3-5-7-19/h3-7,11,13,18H,8-10,12,14-17H2,1-2H3,(H,22,24). The summed E-state index contributed by atoms with van der Waals surface area (Å²) in [7, 11) is 3.94. The van der Waals surface area contributed by atoms with Gasteiger partial charge in [0.1, 0.15) is 5.82 Å². The van der Waals surface area contributed by atoms with Crippen LogP contribution in [0.4, 0.5) is 0 Å². The van der Waals surface area contributed by atoms with Gasteiger partial charge in [-0.25, -0.2) is 4.98 Å². The molecule has 0 radical (unpaired) electrons. The quantitative estimate of drug-likeness (QED) is 0.602. The highest BCUT2D eigenvalue weighted by Gasteiger charge is 2.15. The first-order valence-electron chi connectivity index (χ1n) is 9.79. The largest absolute Gasteiger partial charge is 0.381 e. The first kappa shape index (κ1) is 19.4. The Kier molecular flexibility index (Phi) is 7.27. The van der Waals surface area contributed by atoms with E-state index in [1.165, 1.54) is 24.8 Å². The summed E-state index contributed by atoms with van der Waals surface area (Å²) >= 11 is 0. The molecule has 27 heavy (non-hydrogen) atoms. The summed E-state index contributed by atoms with van der Waals surface area (Å²) in [5.74, 6) is 2.69. The van der Waals surface area contributed by atoms with Gasteiger partial charge in [0.25, 0.3) is 0 Å². The van der Waals surface area contributed by atoms with Crippen molar-refractivity contribution in [3.8, 4) is 0 Å². The Morgan fingerprint density at radius 2 is 2.07 bits per heavy atom. The predicted molar refractivity (Wildman–Crippen MR) is 109 cm³/mol. The SMILES string of the molecule is CN=C(NCc1nccn1Cc1ccccc1)N(C)CCC1CCOCC1. The van der Waals surface area contributed by atoms with E-state index in [2.05, 4.69) is 56.1 Å². The van der Waals surface area contributed by atoms with Crippen LogP contribution in [0.2, 0.25) is 0 Å². The first-order valence-corrected chi connectivity index (χ1v) is 9.79. The van der Waals surface area contributed by atoms with Crippen molar-refractivity contribution >= 4 is 5.96 Å². The van der Waals surface area contributed by atoms with E-state index in [1.54, 1.807) is 0 Å². The molecule has 1 aliphatic rings. The molecule has 0 unspecified atom stereocenters. The zero-order chi connectivity index (χ0) is 18.9. The molecule has 1 aromatic carbocycles. The van der Waals surface area contributed by atoms with Gasteiger partial charge < -0.3 is 19.5 Å². The molecule has 0 aliphatic carbocycles. The lowest BCUT2D eigenvalue weighted by Crippen LogP contribution is -2.40. The maximum absolute atomic E-state index is 5.45. The lowest BCUT2D eigenvalue weighted by Gasteiger charge is -2.26. The fourth-order valence-corrected chi connectivity index (χ4v) is 3.49. The average Bonchev–Trinajstić information content (AvgIpc) is 3.15. The zero-order valence-corrected chi connectivity index (χ0v) is 16.5. The van der Waals surface area contributed by atoms with Gasteiger partial charge in [0.05, 0.1) is 6.54 Å². The van der Waals surface area contributed by atoms with Gasteiger partial charge in [-0.15, -0.1) is 0 Å². The highest BCUT2D eigenvalue weighted by atomic mass is 16.5. The number of guanidine groups is 1. The Bertz CT molecular complexity index is 706. The Morgan fingerprint density at radius 1 is 1.30 bits per heavy atom. The van der Waals surface area contributed by atoms with Crippen LogP contribution in [-0.4, -0.2) is 54.3 Å². The van der Waals surface area contributed by atoms with Gasteiger partial charge in [-0.3, -0.25) is 4.99 Å². The molecule has 1 fully saturated rings. The number of aliphatic imine (C=N–C) groups is 1. The second-order valence-corrected chi connectivity index (χ2v) is 7.12. The maximum Gasteiger partial charge on any atom is 0.193 e. The van der Waals surface area contributed by atoms with Crippen LogP contribution in [-0.2, 0) is 17.8 Å². The number of rotatable bonds is 7. The van der Waals surface area contributed by atoms with Crippen LogP contribution in [0.1, 0.15) is 30.7 Å². The number of hydrogen-bond acceptors (Lipinski definition) is 3. The smallest absolute Gasteiger partial charge is 0.193 e. The van der Waals surface area contributed by atoms with E-state index in [1.807, 2.05) is 25.5 Å². The highest BCUT2D eigenvalue weighted by molar-refractivity contribution is 5.79. The summed E-state index contributed by atoms with van der Waals surface area (Å²) in [4.78, 5) is 11.2. The normalized spacial score (nSPS) is 15.7. The third kappa shape index (κ3) is 5.82. The van der Waals surface area contributed by atoms with Crippen LogP contribution in [0.5, 0.6) is 0 Å². The van der Waals surface area contributed by atoms with E-state index in [4.69, 9.17) is 4.74 Å². The Hall–Kier alpha value is -2.34. The third-order valence-corrected chi connectivity index (χ3v) is 5.19. The lowest BCUT2D eigenvalue weighted by atomic mass is 9.96. The van der Waals surface area contributed by atoms with Crippen molar-refractivity contribution in [1.29, 1.82) is 0 Å². The van der Waals surface area contributed by atoms with E-state index in [0.717, 1.165) is 44.0 Å². The van der Waals surface area contributed by atoms with Crippen molar-refractivity contribution in [3.63, 3.8) is 0 Å². The molecule has 0 bridgehead atoms. The van der Waals surface area contributed by atoms with Gasteiger partial charge in [0.2, 0.25) is 0 Å². The average molecular weight is 370 g/mol. The van der Waals surface area contributed by atoms with Gasteiger partial charge in [0.15, 0.2) is 5.96 Å². The number of hydrogen-bond donors (Lipinski definition) is 1. The van der Waals surface area contributed by atoms with Crippen molar-refractivity contribution in [1.82, 2.24) is 19.8 Å². The van der Waals surface area contributed by atoms with Gasteiger partial charge >= 0.3 is 0 Å². The molecular formula is C21H31N5O. The Morgan fingerprint density at radius 3 is 2.81 bits per heavy atom. The van der Waals surface area contributed by atoms with Crippen LogP contribution in [0.25, 0.3) is 0 Å². The van der Waals surface area contributed by atoms with Crippen LogP contribution in [0, 0.1) is 5.92 Å². The first-order chi connectivity index (χ1) is 13.3. The predicted octanol–water partition coefficient (Wildman–Crippen LogP) is 2.76. The molecule has 1 N–H and O–H groups in total. The number of imidazole rings is 1. The van der Waals surface area contributed by atoms with Crippen LogP contribution in [0.15, 0.2) is 47.7 Å². The molecule has 0 spiro atoms. The molecule has 1 aliphatic heterocycles. The number of nitrogens with zero attached hydrogens (tertiary/aromatic N) is 4. The monoisotopic (exact) mass is 369 g/mol. The zero-order valence-electron chi connectivity index (χ0n) is 16.5. The molecule has 6 heteroatoms. The number of nitrogens with one attached hydrogen (secondary N) is 1. The van der Waals surface area contributed by atoms with Gasteiger partial charge in [-0.1, -0.05) is 30.3 Å². The van der Waals surface area contributed by atoms with Crippen molar-refractivity contribution in [2.75, 3.05) is 33.9 Å². The second kappa shape index (κ2) is 10.1. The molecular weight excluding hydrogens is 338 g/mol. The molecule has 3 rings (SSSR count). The molecule has 0 atom stereocenters. The molecule has 0 saturated carbocycles. The van der Waals surface area contributed by atoms with Crippen LogP contribution >= 0.6 is 0 Å². The summed E-state index contributed by atoms with van der Waals surface area (Å²) in [6, 6.07) is 10.5. The topological polar surface area (TPSA) is 54.7 Å². The third-order valence-electron chi connectivity index (χ3n) is 5.19. The van der Waals surface area contributed by atoms with E-state index in [-0.39, 0.29) is 0 Å². The van der Waals surface area contributed by atoms with Gasteiger partial charge in [-0.05, 0) is 30.7 Å². The van der Waals surface area contributed by atoms with E-state index in [0.29, 0.717) is 6.54 Å². The lowest BCUT2D eigenvalue weighted by molar-refractivity contribution is 0.0625. The van der Waals surface area contributed by atoms with Crippen molar-refractivity contribution in [2.45, 2.75) is 32.4 Å². The summed E-state index contributed by atoms with van der Waals surface area (Å²) in [5, 5.41) is 3.45. The molecule has 146 valence electrons. The molecule has 0 amide bonds. The van der Waals surface area contributed by atoms with Crippen LogP contribution < -0.4 is 5.32 Å². The summed E-state index contributed by atoms with van der Waals surface area (Å²) in [5.41, 5.74) is 1.27. The number of ether oxygens (including phenoxy) is 1. The Balaban J connectivity index is 1.50. The highest BCUT2D eigenvalue weighted by Crippen LogP contribution is 2.18. The fourth-order valence-electron chi connectivity index (χ4n) is 3.49. The molecule has 2 heterocycles. The number of benzene rings is 1. The van der Waals surface area contributed by atoms with Crippen molar-refractivity contribution < 1.29 is 4.74 Å². The molecule has 2 aromatic rings.